The summed E-state index contributed by atoms with van der Waals surface area (Å²) in [7, 11) is 3.25. The third kappa shape index (κ3) is 7.65. The largest absolute Gasteiger partial charge is 0.380 e. The molecule has 1 aliphatic heterocycles. The zero-order valence-electron chi connectivity index (χ0n) is 18.4. The van der Waals surface area contributed by atoms with Crippen LogP contribution in [0.15, 0.2) is 47.5 Å². The zero-order valence-corrected chi connectivity index (χ0v) is 20.8. The van der Waals surface area contributed by atoms with Crippen LogP contribution < -0.4 is 10.6 Å². The van der Waals surface area contributed by atoms with Gasteiger partial charge in [-0.15, -0.1) is 24.0 Å². The van der Waals surface area contributed by atoms with Crippen molar-refractivity contribution >= 4 is 29.9 Å². The second-order valence-corrected chi connectivity index (χ2v) is 7.38. The molecule has 9 heteroatoms. The fraction of sp³-hybridized carbons (Fsp3) is 0.435. The molecule has 1 heterocycles. The van der Waals surface area contributed by atoms with Crippen LogP contribution in [0.25, 0.3) is 0 Å². The van der Waals surface area contributed by atoms with Crippen molar-refractivity contribution in [2.24, 2.45) is 4.99 Å². The van der Waals surface area contributed by atoms with Gasteiger partial charge in [0.15, 0.2) is 5.96 Å². The number of morpholine rings is 1. The quantitative estimate of drug-likeness (QED) is 0.295. The average Bonchev–Trinajstić information content (AvgIpc) is 2.80. The second-order valence-electron chi connectivity index (χ2n) is 7.38. The number of hydrogen-bond acceptors (Lipinski definition) is 4. The molecule has 0 aromatic heterocycles. The Balaban J connectivity index is 0.00000363. The lowest BCUT2D eigenvalue weighted by Crippen LogP contribution is -2.46. The van der Waals surface area contributed by atoms with Crippen molar-refractivity contribution in [3.63, 3.8) is 0 Å². The summed E-state index contributed by atoms with van der Waals surface area (Å²) in [6.45, 7) is 4.31. The molecular weight excluding hydrogens is 529 g/mol. The van der Waals surface area contributed by atoms with Gasteiger partial charge in [0, 0.05) is 45.9 Å². The molecule has 0 radical (unpaired) electrons. The minimum absolute atomic E-state index is 0. The van der Waals surface area contributed by atoms with Gasteiger partial charge in [-0.25, -0.2) is 8.78 Å². The molecule has 0 spiro atoms. The van der Waals surface area contributed by atoms with Gasteiger partial charge in [-0.1, -0.05) is 18.2 Å². The number of ether oxygens (including phenoxy) is 2. The predicted octanol–water partition coefficient (Wildman–Crippen LogP) is 3.47. The Morgan fingerprint density at radius 2 is 1.84 bits per heavy atom. The third-order valence-corrected chi connectivity index (χ3v) is 5.30. The lowest BCUT2D eigenvalue weighted by molar-refractivity contribution is 0.0170. The first-order valence-corrected chi connectivity index (χ1v) is 10.4. The summed E-state index contributed by atoms with van der Waals surface area (Å²) < 4.78 is 37.8. The Morgan fingerprint density at radius 1 is 1.12 bits per heavy atom. The van der Waals surface area contributed by atoms with Gasteiger partial charge in [0.25, 0.3) is 0 Å². The van der Waals surface area contributed by atoms with Crippen LogP contribution in [0.4, 0.5) is 8.78 Å². The van der Waals surface area contributed by atoms with E-state index in [-0.39, 0.29) is 48.3 Å². The zero-order chi connectivity index (χ0) is 22.1. The Hall–Kier alpha value is -1.82. The molecule has 176 valence electrons. The number of hydrogen-bond donors (Lipinski definition) is 2. The van der Waals surface area contributed by atoms with Gasteiger partial charge < -0.3 is 20.1 Å². The van der Waals surface area contributed by atoms with Crippen molar-refractivity contribution in [3.8, 4) is 0 Å². The van der Waals surface area contributed by atoms with Gasteiger partial charge in [-0.05, 0) is 35.4 Å². The predicted molar refractivity (Wildman–Crippen MR) is 132 cm³/mol. The van der Waals surface area contributed by atoms with Crippen LogP contribution in [0.3, 0.4) is 0 Å². The molecule has 1 atom stereocenters. The van der Waals surface area contributed by atoms with Gasteiger partial charge in [-0.3, -0.25) is 9.89 Å². The maximum Gasteiger partial charge on any atom is 0.191 e. The van der Waals surface area contributed by atoms with E-state index in [1.165, 1.54) is 18.2 Å². The molecule has 6 nitrogen and oxygen atoms in total. The molecule has 0 aliphatic carbocycles. The molecule has 3 rings (SSSR count). The van der Waals surface area contributed by atoms with Crippen molar-refractivity contribution in [2.45, 2.75) is 19.2 Å². The minimum atomic E-state index is -0.277. The summed E-state index contributed by atoms with van der Waals surface area (Å²) in [6, 6.07) is 11.7. The summed E-state index contributed by atoms with van der Waals surface area (Å²) in [4.78, 5) is 6.62. The Morgan fingerprint density at radius 3 is 2.50 bits per heavy atom. The maximum absolute atomic E-state index is 13.8. The lowest BCUT2D eigenvalue weighted by Gasteiger charge is -2.35. The number of rotatable bonds is 8. The Kier molecular flexibility index (Phi) is 11.3. The van der Waals surface area contributed by atoms with E-state index < -0.39 is 0 Å². The first-order valence-electron chi connectivity index (χ1n) is 10.4. The fourth-order valence-electron chi connectivity index (χ4n) is 3.64. The Bertz CT molecular complexity index is 862. The average molecular weight is 560 g/mol. The third-order valence-electron chi connectivity index (χ3n) is 5.30. The van der Waals surface area contributed by atoms with E-state index in [9.17, 15) is 8.78 Å². The smallest absolute Gasteiger partial charge is 0.191 e. The molecule has 0 saturated carbocycles. The normalized spacial score (nSPS) is 15.7. The number of guanidine groups is 1. The summed E-state index contributed by atoms with van der Waals surface area (Å²) in [5.41, 5.74) is 2.49. The van der Waals surface area contributed by atoms with Crippen molar-refractivity contribution in [3.05, 3.63) is 70.8 Å². The van der Waals surface area contributed by atoms with Crippen LogP contribution >= 0.6 is 24.0 Å². The molecule has 2 N–H and O–H groups in total. The van der Waals surface area contributed by atoms with Gasteiger partial charge in [0.1, 0.15) is 11.6 Å². The molecule has 2 aromatic carbocycles. The highest BCUT2D eigenvalue weighted by molar-refractivity contribution is 14.0. The van der Waals surface area contributed by atoms with Crippen LogP contribution in [-0.4, -0.2) is 57.9 Å². The first-order chi connectivity index (χ1) is 15.1. The number of methoxy groups -OCH3 is 1. The van der Waals surface area contributed by atoms with E-state index in [0.717, 1.165) is 24.2 Å². The van der Waals surface area contributed by atoms with Crippen molar-refractivity contribution < 1.29 is 18.3 Å². The van der Waals surface area contributed by atoms with Gasteiger partial charge in [0.05, 0.1) is 25.9 Å². The lowest BCUT2D eigenvalue weighted by atomic mass is 10.0. The number of benzene rings is 2. The Labute approximate surface area is 205 Å². The number of aliphatic imine (C=N–C) groups is 1. The van der Waals surface area contributed by atoms with E-state index >= 15 is 0 Å². The minimum Gasteiger partial charge on any atom is -0.380 e. The van der Waals surface area contributed by atoms with Gasteiger partial charge >= 0.3 is 0 Å². The summed E-state index contributed by atoms with van der Waals surface area (Å²) in [6.07, 6.45) is 0. The molecule has 1 saturated heterocycles. The number of halogens is 3. The van der Waals surface area contributed by atoms with E-state index in [1.807, 2.05) is 12.1 Å². The van der Waals surface area contributed by atoms with E-state index in [4.69, 9.17) is 9.47 Å². The molecule has 0 amide bonds. The number of nitrogens with zero attached hydrogens (tertiary/aromatic N) is 2. The maximum atomic E-state index is 13.8. The molecule has 32 heavy (non-hydrogen) atoms. The van der Waals surface area contributed by atoms with Crippen molar-refractivity contribution in [1.29, 1.82) is 0 Å². The highest BCUT2D eigenvalue weighted by Crippen LogP contribution is 2.21. The molecule has 1 fully saturated rings. The monoisotopic (exact) mass is 560 g/mol. The summed E-state index contributed by atoms with van der Waals surface area (Å²) >= 11 is 0. The van der Waals surface area contributed by atoms with E-state index in [2.05, 4.69) is 20.5 Å². The molecule has 1 aliphatic rings. The summed E-state index contributed by atoms with van der Waals surface area (Å²) in [5, 5.41) is 6.63. The van der Waals surface area contributed by atoms with E-state index in [0.29, 0.717) is 37.8 Å². The highest BCUT2D eigenvalue weighted by Gasteiger charge is 2.23. The highest BCUT2D eigenvalue weighted by atomic mass is 127. The molecule has 2 aromatic rings. The van der Waals surface area contributed by atoms with Crippen LogP contribution in [-0.2, 0) is 22.6 Å². The van der Waals surface area contributed by atoms with Crippen LogP contribution in [0, 0.1) is 11.6 Å². The van der Waals surface area contributed by atoms with Crippen molar-refractivity contribution in [2.75, 3.05) is 47.0 Å². The first kappa shape index (κ1) is 26.4. The van der Waals surface area contributed by atoms with Crippen molar-refractivity contribution in [1.82, 2.24) is 15.5 Å². The van der Waals surface area contributed by atoms with E-state index in [1.54, 1.807) is 26.3 Å². The van der Waals surface area contributed by atoms with Gasteiger partial charge in [0.2, 0.25) is 0 Å². The second kappa shape index (κ2) is 13.7. The fourth-order valence-corrected chi connectivity index (χ4v) is 3.64. The SMILES string of the molecule is CN=C(NCc1ccc(F)c(COC)c1)NCC(c1ccc(F)cc1)N1CCOCC1.I. The summed E-state index contributed by atoms with van der Waals surface area (Å²) in [5.74, 6) is 0.112. The number of nitrogens with one attached hydrogen (secondary N) is 2. The van der Waals surface area contributed by atoms with Gasteiger partial charge in [-0.2, -0.15) is 0 Å². The van der Waals surface area contributed by atoms with Crippen LogP contribution in [0.5, 0.6) is 0 Å². The standard InChI is InChI=1S/C23H30F2N4O2.HI/c1-26-23(27-14-17-3-8-21(25)19(13-17)16-30-2)28-15-22(29-9-11-31-12-10-29)18-4-6-20(24)7-5-18;/h3-8,13,22H,9-12,14-16H2,1-2H3,(H2,26,27,28);1H. The molecule has 0 bridgehead atoms. The topological polar surface area (TPSA) is 58.1 Å². The molecule has 1 unspecified atom stereocenters. The van der Waals surface area contributed by atoms with Crippen LogP contribution in [0.2, 0.25) is 0 Å². The van der Waals surface area contributed by atoms with Crippen LogP contribution in [0.1, 0.15) is 22.7 Å². The molecular formula is C23H31F2IN4O2.